The summed E-state index contributed by atoms with van der Waals surface area (Å²) >= 11 is 10.5. The van der Waals surface area contributed by atoms with E-state index in [4.69, 9.17) is 16.3 Å². The summed E-state index contributed by atoms with van der Waals surface area (Å²) in [7, 11) is 0. The molecule has 0 bridgehead atoms. The Morgan fingerprint density at radius 3 is 2.47 bits per heavy atom. The fraction of sp³-hybridized carbons (Fsp3) is 0.120. The lowest BCUT2D eigenvalue weighted by atomic mass is 10.1. The Labute approximate surface area is 219 Å². The highest BCUT2D eigenvalue weighted by Crippen LogP contribution is 2.31. The zero-order chi connectivity index (χ0) is 23.3. The van der Waals surface area contributed by atoms with Crippen LogP contribution in [0.4, 0.5) is 5.69 Å². The number of halogens is 3. The van der Waals surface area contributed by atoms with E-state index in [1.807, 2.05) is 37.3 Å². The summed E-state index contributed by atoms with van der Waals surface area (Å²) in [6, 6.07) is 19.2. The van der Waals surface area contributed by atoms with Gasteiger partial charge >= 0.3 is 0 Å². The molecule has 162 valence electrons. The Balaban J connectivity index is 1.79. The minimum Gasteiger partial charge on any atom is -0.487 e. The first-order valence-corrected chi connectivity index (χ1v) is 12.2. The van der Waals surface area contributed by atoms with Crippen LogP contribution < -0.4 is 10.1 Å². The number of anilines is 1. The van der Waals surface area contributed by atoms with Gasteiger partial charge in [0.25, 0.3) is 5.91 Å². The van der Waals surface area contributed by atoms with Crippen molar-refractivity contribution in [3.05, 3.63) is 94.6 Å². The van der Waals surface area contributed by atoms with Crippen LogP contribution in [-0.4, -0.2) is 5.91 Å². The molecule has 0 atom stereocenters. The number of carbonyl (C=O) groups excluding carboxylic acids is 1. The second-order valence-electron chi connectivity index (χ2n) is 7.13. The van der Waals surface area contributed by atoms with Crippen molar-refractivity contribution in [1.29, 1.82) is 5.26 Å². The van der Waals surface area contributed by atoms with E-state index in [0.717, 1.165) is 29.6 Å². The van der Waals surface area contributed by atoms with E-state index in [0.29, 0.717) is 17.3 Å². The van der Waals surface area contributed by atoms with Gasteiger partial charge in [-0.05, 0) is 106 Å². The molecule has 3 aromatic rings. The van der Waals surface area contributed by atoms with Crippen molar-refractivity contribution in [3.63, 3.8) is 0 Å². The smallest absolute Gasteiger partial charge is 0.266 e. The number of amides is 1. The highest BCUT2D eigenvalue weighted by molar-refractivity contribution is 14.1. The van der Waals surface area contributed by atoms with Crippen LogP contribution in [0.15, 0.2) is 60.2 Å². The Kier molecular flexibility index (Phi) is 8.57. The van der Waals surface area contributed by atoms with Crippen LogP contribution in [0.1, 0.15) is 22.3 Å². The summed E-state index contributed by atoms with van der Waals surface area (Å²) in [5.41, 5.74) is 4.36. The molecule has 1 amide bonds. The number of hydrogen-bond acceptors (Lipinski definition) is 3. The molecule has 0 heterocycles. The molecule has 4 nitrogen and oxygen atoms in total. The summed E-state index contributed by atoms with van der Waals surface area (Å²) in [4.78, 5) is 12.7. The molecule has 0 saturated carbocycles. The SMILES string of the molecule is Cc1cccc(COc2c(I)cc(/C=C(/C#N)C(=O)Nc3cccc(Cl)c3C)cc2I)c1. The molecule has 7 heteroatoms. The van der Waals surface area contributed by atoms with Crippen LogP contribution in [0.25, 0.3) is 6.08 Å². The number of hydrogen-bond donors (Lipinski definition) is 1. The third kappa shape index (κ3) is 6.24. The topological polar surface area (TPSA) is 62.1 Å². The second kappa shape index (κ2) is 11.2. The third-order valence-corrected chi connectivity index (χ3v) is 6.69. The van der Waals surface area contributed by atoms with Crippen molar-refractivity contribution >= 4 is 74.5 Å². The fourth-order valence-corrected chi connectivity index (χ4v) is 5.31. The van der Waals surface area contributed by atoms with Crippen LogP contribution in [0.3, 0.4) is 0 Å². The molecule has 32 heavy (non-hydrogen) atoms. The first kappa shape index (κ1) is 24.6. The monoisotopic (exact) mass is 668 g/mol. The van der Waals surface area contributed by atoms with Crippen LogP contribution in [0.5, 0.6) is 5.75 Å². The van der Waals surface area contributed by atoms with Gasteiger partial charge in [0.1, 0.15) is 24.0 Å². The molecule has 0 aliphatic carbocycles. The number of benzene rings is 3. The Bertz CT molecular complexity index is 1230. The van der Waals surface area contributed by atoms with Crippen LogP contribution in [-0.2, 0) is 11.4 Å². The third-order valence-electron chi connectivity index (χ3n) is 4.68. The van der Waals surface area contributed by atoms with Crippen molar-refractivity contribution in [2.45, 2.75) is 20.5 Å². The van der Waals surface area contributed by atoms with Gasteiger partial charge in [-0.3, -0.25) is 4.79 Å². The summed E-state index contributed by atoms with van der Waals surface area (Å²) in [6.45, 7) is 4.33. The maximum Gasteiger partial charge on any atom is 0.266 e. The van der Waals surface area contributed by atoms with Gasteiger partial charge in [0.2, 0.25) is 0 Å². The van der Waals surface area contributed by atoms with Gasteiger partial charge in [-0.25, -0.2) is 0 Å². The summed E-state index contributed by atoms with van der Waals surface area (Å²) in [6.07, 6.45) is 1.57. The molecule has 0 aliphatic heterocycles. The predicted molar refractivity (Wildman–Crippen MR) is 146 cm³/mol. The molecule has 0 radical (unpaired) electrons. The molecule has 0 spiro atoms. The number of ether oxygens (including phenoxy) is 1. The van der Waals surface area contributed by atoms with Gasteiger partial charge < -0.3 is 10.1 Å². The molecule has 3 rings (SSSR count). The van der Waals surface area contributed by atoms with E-state index in [1.54, 1.807) is 24.3 Å². The van der Waals surface area contributed by atoms with Crippen molar-refractivity contribution < 1.29 is 9.53 Å². The van der Waals surface area contributed by atoms with Crippen molar-refractivity contribution in [1.82, 2.24) is 0 Å². The average molecular weight is 669 g/mol. The van der Waals surface area contributed by atoms with Gasteiger partial charge in [0.15, 0.2) is 0 Å². The minimum atomic E-state index is -0.484. The van der Waals surface area contributed by atoms with E-state index in [2.05, 4.69) is 69.6 Å². The Morgan fingerprint density at radius 1 is 1.12 bits per heavy atom. The maximum atomic E-state index is 12.7. The van der Waals surface area contributed by atoms with E-state index in [9.17, 15) is 10.1 Å². The molecule has 1 N–H and O–H groups in total. The lowest BCUT2D eigenvalue weighted by Gasteiger charge is -2.12. The predicted octanol–water partition coefficient (Wildman–Crippen LogP) is 7.29. The van der Waals surface area contributed by atoms with Crippen LogP contribution in [0.2, 0.25) is 5.02 Å². The lowest BCUT2D eigenvalue weighted by Crippen LogP contribution is -2.14. The normalized spacial score (nSPS) is 11.1. The second-order valence-corrected chi connectivity index (χ2v) is 9.86. The lowest BCUT2D eigenvalue weighted by molar-refractivity contribution is -0.112. The van der Waals surface area contributed by atoms with Crippen LogP contribution >= 0.6 is 56.8 Å². The zero-order valence-corrected chi connectivity index (χ0v) is 22.4. The number of carbonyl (C=O) groups is 1. The van der Waals surface area contributed by atoms with Gasteiger partial charge in [-0.2, -0.15) is 5.26 Å². The van der Waals surface area contributed by atoms with Crippen molar-refractivity contribution in [3.8, 4) is 11.8 Å². The van der Waals surface area contributed by atoms with E-state index in [1.165, 1.54) is 5.56 Å². The average Bonchev–Trinajstić information content (AvgIpc) is 2.74. The highest BCUT2D eigenvalue weighted by Gasteiger charge is 2.14. The number of nitriles is 1. The van der Waals surface area contributed by atoms with Gasteiger partial charge in [0.05, 0.1) is 7.14 Å². The summed E-state index contributed by atoms with van der Waals surface area (Å²) in [5.74, 6) is 0.296. The van der Waals surface area contributed by atoms with Crippen molar-refractivity contribution in [2.75, 3.05) is 5.32 Å². The van der Waals surface area contributed by atoms with E-state index >= 15 is 0 Å². The fourth-order valence-electron chi connectivity index (χ4n) is 3.01. The molecule has 3 aromatic carbocycles. The number of nitrogens with zero attached hydrogens (tertiary/aromatic N) is 1. The van der Waals surface area contributed by atoms with Gasteiger partial charge in [0, 0.05) is 10.7 Å². The quantitative estimate of drug-likeness (QED) is 0.171. The van der Waals surface area contributed by atoms with Gasteiger partial charge in [-0.1, -0.05) is 47.5 Å². The minimum absolute atomic E-state index is 0.00408. The molecule has 0 aromatic heterocycles. The van der Waals surface area contributed by atoms with E-state index < -0.39 is 5.91 Å². The zero-order valence-electron chi connectivity index (χ0n) is 17.4. The summed E-state index contributed by atoms with van der Waals surface area (Å²) in [5, 5.41) is 12.9. The molecular formula is C25H19ClI2N2O2. The maximum absolute atomic E-state index is 12.7. The first-order chi connectivity index (χ1) is 15.3. The van der Waals surface area contributed by atoms with Crippen LogP contribution in [0, 0.1) is 32.3 Å². The highest BCUT2D eigenvalue weighted by atomic mass is 127. The molecule has 0 unspecified atom stereocenters. The van der Waals surface area contributed by atoms with Gasteiger partial charge in [-0.15, -0.1) is 0 Å². The Morgan fingerprint density at radius 2 is 1.81 bits per heavy atom. The number of nitrogens with one attached hydrogen (secondary N) is 1. The molecule has 0 aliphatic rings. The number of rotatable bonds is 6. The molecule has 0 fully saturated rings. The standard InChI is InChI=1S/C25H19ClI2N2O2/c1-15-5-3-6-17(9-15)14-32-24-21(27)11-18(12-22(24)28)10-19(13-29)25(31)30-23-8-4-7-20(26)16(23)2/h3-12H,14H2,1-2H3,(H,30,31)/b19-10-. The largest absolute Gasteiger partial charge is 0.487 e. The molecular weight excluding hydrogens is 650 g/mol. The van der Waals surface area contributed by atoms with E-state index in [-0.39, 0.29) is 5.57 Å². The first-order valence-electron chi connectivity index (χ1n) is 9.64. The summed E-state index contributed by atoms with van der Waals surface area (Å²) < 4.78 is 7.85. The van der Waals surface area contributed by atoms with Crippen molar-refractivity contribution in [2.24, 2.45) is 0 Å². The molecule has 0 saturated heterocycles. The Hall–Kier alpha value is -2.09. The number of aryl methyl sites for hydroxylation is 1.